The van der Waals surface area contributed by atoms with Gasteiger partial charge in [0, 0.05) is 16.7 Å². The summed E-state index contributed by atoms with van der Waals surface area (Å²) >= 11 is 6.73. The van der Waals surface area contributed by atoms with Crippen LogP contribution in [0.5, 0.6) is 17.2 Å². The van der Waals surface area contributed by atoms with Gasteiger partial charge in [-0.2, -0.15) is 0 Å². The molecule has 0 aromatic heterocycles. The smallest absolute Gasteiger partial charge is 0.298 e. The van der Waals surface area contributed by atoms with E-state index in [1.54, 1.807) is 42.5 Å². The van der Waals surface area contributed by atoms with Crippen molar-refractivity contribution in [1.29, 1.82) is 0 Å². The molecule has 0 aliphatic carbocycles. The highest BCUT2D eigenvalue weighted by Gasteiger charge is 2.36. The molecule has 0 saturated carbocycles. The Balaban J connectivity index is 1.70. The van der Waals surface area contributed by atoms with E-state index >= 15 is 0 Å². The van der Waals surface area contributed by atoms with E-state index in [2.05, 4.69) is 0 Å². The van der Waals surface area contributed by atoms with Crippen molar-refractivity contribution in [3.63, 3.8) is 0 Å². The van der Waals surface area contributed by atoms with Gasteiger partial charge in [-0.3, -0.25) is 9.59 Å². The molecule has 2 aromatic rings. The van der Waals surface area contributed by atoms with Gasteiger partial charge in [0.05, 0.1) is 17.7 Å². The molecule has 0 N–H and O–H groups in total. The molecule has 0 atom stereocenters. The number of rotatable bonds is 3. The molecular weight excluding hydrogens is 378 g/mol. The highest BCUT2D eigenvalue weighted by atomic mass is 35.5. The molecule has 4 rings (SSSR count). The standard InChI is InChI=1S/C18H12ClNO5S/c1-23-13-8-15-14(24-9-25-15)6-10(13)7-16-17(21)20(18(22)26-16)12-4-2-11(19)3-5-12/h2-8H,9H2,1H3/b16-7-. The highest BCUT2D eigenvalue weighted by molar-refractivity contribution is 8.19. The normalized spacial score (nSPS) is 17.3. The summed E-state index contributed by atoms with van der Waals surface area (Å²) in [7, 11) is 1.52. The van der Waals surface area contributed by atoms with Crippen LogP contribution in [0.4, 0.5) is 10.5 Å². The van der Waals surface area contributed by atoms with E-state index in [1.165, 1.54) is 7.11 Å². The molecule has 132 valence electrons. The lowest BCUT2D eigenvalue weighted by Crippen LogP contribution is -2.27. The minimum atomic E-state index is -0.401. The van der Waals surface area contributed by atoms with Gasteiger partial charge >= 0.3 is 0 Å². The summed E-state index contributed by atoms with van der Waals surface area (Å²) in [6, 6.07) is 9.93. The predicted octanol–water partition coefficient (Wildman–Crippen LogP) is 4.32. The number of halogens is 1. The van der Waals surface area contributed by atoms with Gasteiger partial charge in [0.25, 0.3) is 11.1 Å². The number of carbonyl (C=O) groups excluding carboxylic acids is 2. The average Bonchev–Trinajstić information content (AvgIpc) is 3.19. The number of hydrogen-bond acceptors (Lipinski definition) is 6. The van der Waals surface area contributed by atoms with Crippen LogP contribution in [-0.4, -0.2) is 25.0 Å². The van der Waals surface area contributed by atoms with Crippen LogP contribution in [0, 0.1) is 0 Å². The minimum absolute atomic E-state index is 0.134. The first-order valence-corrected chi connectivity index (χ1v) is 8.77. The molecule has 0 spiro atoms. The predicted molar refractivity (Wildman–Crippen MR) is 99.0 cm³/mol. The third-order valence-corrected chi connectivity index (χ3v) is 5.01. The van der Waals surface area contributed by atoms with Gasteiger partial charge in [0.15, 0.2) is 11.5 Å². The van der Waals surface area contributed by atoms with Crippen molar-refractivity contribution < 1.29 is 23.8 Å². The van der Waals surface area contributed by atoms with Gasteiger partial charge in [0.2, 0.25) is 6.79 Å². The third-order valence-electron chi connectivity index (χ3n) is 3.89. The van der Waals surface area contributed by atoms with E-state index in [0.29, 0.717) is 38.4 Å². The molecule has 2 amide bonds. The second-order valence-corrected chi connectivity index (χ2v) is 6.87. The van der Waals surface area contributed by atoms with Crippen LogP contribution in [-0.2, 0) is 4.79 Å². The van der Waals surface area contributed by atoms with E-state index in [4.69, 9.17) is 25.8 Å². The number of thioether (sulfide) groups is 1. The maximum atomic E-state index is 12.7. The van der Waals surface area contributed by atoms with E-state index in [9.17, 15) is 9.59 Å². The van der Waals surface area contributed by atoms with Crippen molar-refractivity contribution >= 4 is 46.3 Å². The van der Waals surface area contributed by atoms with Crippen molar-refractivity contribution in [3.05, 3.63) is 51.9 Å². The topological polar surface area (TPSA) is 65.1 Å². The average molecular weight is 390 g/mol. The fraction of sp³-hybridized carbons (Fsp3) is 0.111. The van der Waals surface area contributed by atoms with Crippen LogP contribution in [0.2, 0.25) is 5.02 Å². The fourth-order valence-electron chi connectivity index (χ4n) is 2.65. The van der Waals surface area contributed by atoms with Gasteiger partial charge in [-0.25, -0.2) is 4.90 Å². The zero-order chi connectivity index (χ0) is 18.3. The molecule has 0 radical (unpaired) electrons. The second kappa shape index (κ2) is 6.59. The number of carbonyl (C=O) groups is 2. The number of methoxy groups -OCH3 is 1. The Hall–Kier alpha value is -2.64. The summed E-state index contributed by atoms with van der Waals surface area (Å²) in [6.45, 7) is 0.134. The Labute approximate surface area is 158 Å². The first kappa shape index (κ1) is 16.8. The molecule has 2 aromatic carbocycles. The Kier molecular flexibility index (Phi) is 4.26. The minimum Gasteiger partial charge on any atom is -0.496 e. The number of imide groups is 1. The fourth-order valence-corrected chi connectivity index (χ4v) is 3.61. The Morgan fingerprint density at radius 1 is 1.15 bits per heavy atom. The zero-order valence-corrected chi connectivity index (χ0v) is 15.1. The lowest BCUT2D eigenvalue weighted by Gasteiger charge is -2.12. The summed E-state index contributed by atoms with van der Waals surface area (Å²) in [5, 5.41) is 0.157. The van der Waals surface area contributed by atoms with Gasteiger partial charge in [-0.05, 0) is 48.2 Å². The first-order chi connectivity index (χ1) is 12.6. The Morgan fingerprint density at radius 3 is 2.54 bits per heavy atom. The van der Waals surface area contributed by atoms with E-state index < -0.39 is 5.91 Å². The van der Waals surface area contributed by atoms with Crippen LogP contribution in [0.15, 0.2) is 41.3 Å². The number of anilines is 1. The molecule has 1 fully saturated rings. The number of amides is 2. The molecule has 2 heterocycles. The third kappa shape index (κ3) is 2.89. The molecule has 2 aliphatic rings. The number of ether oxygens (including phenoxy) is 3. The maximum Gasteiger partial charge on any atom is 0.298 e. The molecule has 1 saturated heterocycles. The van der Waals surface area contributed by atoms with Crippen LogP contribution in [0.25, 0.3) is 6.08 Å². The maximum absolute atomic E-state index is 12.7. The van der Waals surface area contributed by atoms with Crippen molar-refractivity contribution in [2.45, 2.75) is 0 Å². The molecular formula is C18H12ClNO5S. The van der Waals surface area contributed by atoms with E-state index in [1.807, 2.05) is 0 Å². The van der Waals surface area contributed by atoms with Crippen molar-refractivity contribution in [3.8, 4) is 17.2 Å². The number of benzene rings is 2. The summed E-state index contributed by atoms with van der Waals surface area (Å²) in [5.41, 5.74) is 1.09. The molecule has 6 nitrogen and oxygen atoms in total. The van der Waals surface area contributed by atoms with Crippen LogP contribution < -0.4 is 19.1 Å². The Bertz CT molecular complexity index is 941. The van der Waals surface area contributed by atoms with Crippen LogP contribution in [0.3, 0.4) is 0 Å². The van der Waals surface area contributed by atoms with Crippen molar-refractivity contribution in [2.75, 3.05) is 18.8 Å². The van der Waals surface area contributed by atoms with Gasteiger partial charge < -0.3 is 14.2 Å². The highest BCUT2D eigenvalue weighted by Crippen LogP contribution is 2.41. The van der Waals surface area contributed by atoms with Crippen molar-refractivity contribution in [1.82, 2.24) is 0 Å². The monoisotopic (exact) mass is 389 g/mol. The first-order valence-electron chi connectivity index (χ1n) is 7.58. The molecule has 0 unspecified atom stereocenters. The van der Waals surface area contributed by atoms with Gasteiger partial charge in [-0.1, -0.05) is 11.6 Å². The van der Waals surface area contributed by atoms with E-state index in [-0.39, 0.29) is 12.0 Å². The zero-order valence-electron chi connectivity index (χ0n) is 13.5. The molecule has 8 heteroatoms. The summed E-state index contributed by atoms with van der Waals surface area (Å²) in [5.74, 6) is 1.26. The lowest BCUT2D eigenvalue weighted by molar-refractivity contribution is -0.113. The SMILES string of the molecule is COc1cc2c(cc1/C=C1\SC(=O)N(c3ccc(Cl)cc3)C1=O)OCO2. The molecule has 2 aliphatic heterocycles. The van der Waals surface area contributed by atoms with Gasteiger partial charge in [0.1, 0.15) is 5.75 Å². The van der Waals surface area contributed by atoms with Crippen LogP contribution in [0.1, 0.15) is 5.56 Å². The number of hydrogen-bond donors (Lipinski definition) is 0. The molecule has 0 bridgehead atoms. The number of fused-ring (bicyclic) bond motifs is 1. The largest absolute Gasteiger partial charge is 0.496 e. The number of nitrogens with zero attached hydrogens (tertiary/aromatic N) is 1. The van der Waals surface area contributed by atoms with Crippen molar-refractivity contribution in [2.24, 2.45) is 0 Å². The second-order valence-electron chi connectivity index (χ2n) is 5.44. The van der Waals surface area contributed by atoms with Crippen LogP contribution >= 0.6 is 23.4 Å². The summed E-state index contributed by atoms with van der Waals surface area (Å²) in [4.78, 5) is 26.5. The lowest BCUT2D eigenvalue weighted by atomic mass is 10.1. The Morgan fingerprint density at radius 2 is 1.85 bits per heavy atom. The van der Waals surface area contributed by atoms with E-state index in [0.717, 1.165) is 16.7 Å². The summed E-state index contributed by atoms with van der Waals surface area (Å²) in [6.07, 6.45) is 1.61. The molecule has 26 heavy (non-hydrogen) atoms. The summed E-state index contributed by atoms with van der Waals surface area (Å²) < 4.78 is 16.0. The van der Waals surface area contributed by atoms with Gasteiger partial charge in [-0.15, -0.1) is 0 Å². The quantitative estimate of drug-likeness (QED) is 0.728.